The number of aliphatic hydroxyl groups is 1. The van der Waals surface area contributed by atoms with Gasteiger partial charge in [-0.3, -0.25) is 0 Å². The first-order valence-electron chi connectivity index (χ1n) is 6.48. The minimum absolute atomic E-state index is 0.215. The minimum atomic E-state index is -0.415. The summed E-state index contributed by atoms with van der Waals surface area (Å²) in [7, 11) is 2.10. The zero-order chi connectivity index (χ0) is 12.2. The van der Waals surface area contributed by atoms with E-state index in [0.29, 0.717) is 0 Å². The third kappa shape index (κ3) is 4.40. The Morgan fingerprint density at radius 3 is 2.38 bits per heavy atom. The van der Waals surface area contributed by atoms with Crippen LogP contribution in [0, 0.1) is 5.41 Å². The highest BCUT2D eigenvalue weighted by molar-refractivity contribution is 4.87. The van der Waals surface area contributed by atoms with Gasteiger partial charge in [0.2, 0.25) is 0 Å². The molecule has 0 spiro atoms. The van der Waals surface area contributed by atoms with E-state index >= 15 is 0 Å². The van der Waals surface area contributed by atoms with Crippen LogP contribution in [0.4, 0.5) is 0 Å². The molecule has 16 heavy (non-hydrogen) atoms. The first-order chi connectivity index (χ1) is 7.37. The van der Waals surface area contributed by atoms with Crippen molar-refractivity contribution >= 4 is 0 Å². The summed E-state index contributed by atoms with van der Waals surface area (Å²) in [5, 5.41) is 10.3. The van der Waals surface area contributed by atoms with Gasteiger partial charge < -0.3 is 15.7 Å². The summed E-state index contributed by atoms with van der Waals surface area (Å²) < 4.78 is 0. The van der Waals surface area contributed by atoms with Crippen LogP contribution in [0.25, 0.3) is 0 Å². The molecule has 1 fully saturated rings. The maximum Gasteiger partial charge on any atom is 0.0774 e. The highest BCUT2D eigenvalue weighted by Crippen LogP contribution is 2.30. The van der Waals surface area contributed by atoms with Crippen LogP contribution in [0.2, 0.25) is 0 Å². The van der Waals surface area contributed by atoms with Crippen molar-refractivity contribution in [2.75, 3.05) is 26.7 Å². The average Bonchev–Trinajstić information content (AvgIpc) is 2.62. The average molecular weight is 228 g/mol. The molecular formula is C13H28N2O. The first-order valence-corrected chi connectivity index (χ1v) is 6.48. The second-order valence-corrected chi connectivity index (χ2v) is 6.29. The van der Waals surface area contributed by atoms with Gasteiger partial charge in [-0.15, -0.1) is 0 Å². The smallest absolute Gasteiger partial charge is 0.0774 e. The summed E-state index contributed by atoms with van der Waals surface area (Å²) in [5.74, 6) is 0. The van der Waals surface area contributed by atoms with Gasteiger partial charge in [-0.1, -0.05) is 26.7 Å². The number of nitrogens with two attached hydrogens (primary N) is 1. The monoisotopic (exact) mass is 228 g/mol. The van der Waals surface area contributed by atoms with Crippen LogP contribution >= 0.6 is 0 Å². The van der Waals surface area contributed by atoms with Crippen molar-refractivity contribution in [1.82, 2.24) is 4.90 Å². The van der Waals surface area contributed by atoms with Gasteiger partial charge in [0, 0.05) is 6.54 Å². The Balaban J connectivity index is 2.27. The van der Waals surface area contributed by atoms with E-state index in [-0.39, 0.29) is 5.41 Å². The van der Waals surface area contributed by atoms with Crippen molar-refractivity contribution in [3.05, 3.63) is 0 Å². The number of nitrogens with zero attached hydrogens (tertiary/aromatic N) is 1. The molecule has 0 atom stereocenters. The number of likely N-dealkylation sites (N-methyl/N-ethyl adjacent to an activating group) is 1. The van der Waals surface area contributed by atoms with E-state index in [9.17, 15) is 5.11 Å². The third-order valence-corrected chi connectivity index (χ3v) is 3.82. The summed E-state index contributed by atoms with van der Waals surface area (Å²) >= 11 is 0. The normalized spacial score (nSPS) is 20.6. The number of rotatable bonds is 6. The van der Waals surface area contributed by atoms with Gasteiger partial charge in [-0.05, 0) is 44.8 Å². The Labute approximate surface area is 100 Å². The fourth-order valence-corrected chi connectivity index (χ4v) is 2.37. The first kappa shape index (κ1) is 13.9. The van der Waals surface area contributed by atoms with Gasteiger partial charge in [-0.2, -0.15) is 0 Å². The number of hydrogen-bond donors (Lipinski definition) is 2. The molecule has 96 valence electrons. The maximum atomic E-state index is 10.3. The minimum Gasteiger partial charge on any atom is -0.389 e. The summed E-state index contributed by atoms with van der Waals surface area (Å²) in [6, 6.07) is 0. The van der Waals surface area contributed by atoms with Gasteiger partial charge in [0.1, 0.15) is 0 Å². The van der Waals surface area contributed by atoms with Gasteiger partial charge in [0.25, 0.3) is 0 Å². The van der Waals surface area contributed by atoms with E-state index in [1.165, 1.54) is 12.8 Å². The van der Waals surface area contributed by atoms with Crippen molar-refractivity contribution in [3.63, 3.8) is 0 Å². The van der Waals surface area contributed by atoms with E-state index in [2.05, 4.69) is 25.8 Å². The predicted molar refractivity (Wildman–Crippen MR) is 68.4 cm³/mol. The molecular weight excluding hydrogens is 200 g/mol. The summed E-state index contributed by atoms with van der Waals surface area (Å²) in [6.45, 7) is 6.96. The van der Waals surface area contributed by atoms with Gasteiger partial charge in [0.15, 0.2) is 0 Å². The Morgan fingerprint density at radius 2 is 1.88 bits per heavy atom. The lowest BCUT2D eigenvalue weighted by atomic mass is 9.89. The SMILES string of the molecule is CN(CCC(C)(C)CN)CC1(O)CCCC1. The van der Waals surface area contributed by atoms with Crippen LogP contribution < -0.4 is 5.73 Å². The molecule has 0 bridgehead atoms. The lowest BCUT2D eigenvalue weighted by Gasteiger charge is -2.31. The molecule has 1 aliphatic carbocycles. The molecule has 1 aliphatic rings. The maximum absolute atomic E-state index is 10.3. The number of hydrogen-bond acceptors (Lipinski definition) is 3. The molecule has 0 radical (unpaired) electrons. The molecule has 0 aromatic heterocycles. The second kappa shape index (κ2) is 5.48. The summed E-state index contributed by atoms with van der Waals surface area (Å²) in [6.07, 6.45) is 5.39. The molecule has 0 aromatic rings. The van der Waals surface area contributed by atoms with E-state index in [1.54, 1.807) is 0 Å². The second-order valence-electron chi connectivity index (χ2n) is 6.29. The quantitative estimate of drug-likeness (QED) is 0.726. The van der Waals surface area contributed by atoms with E-state index in [4.69, 9.17) is 5.73 Å². The lowest BCUT2D eigenvalue weighted by molar-refractivity contribution is 0.0141. The molecule has 3 nitrogen and oxygen atoms in total. The highest BCUT2D eigenvalue weighted by Gasteiger charge is 2.32. The molecule has 3 heteroatoms. The third-order valence-electron chi connectivity index (χ3n) is 3.82. The van der Waals surface area contributed by atoms with Crippen LogP contribution in [0.3, 0.4) is 0 Å². The van der Waals surface area contributed by atoms with Crippen LogP contribution in [0.15, 0.2) is 0 Å². The molecule has 0 aromatic carbocycles. The zero-order valence-electron chi connectivity index (χ0n) is 11.1. The van der Waals surface area contributed by atoms with E-state index < -0.39 is 5.60 Å². The highest BCUT2D eigenvalue weighted by atomic mass is 16.3. The molecule has 0 saturated heterocycles. The molecule has 1 rings (SSSR count). The van der Waals surface area contributed by atoms with Crippen molar-refractivity contribution in [2.24, 2.45) is 11.1 Å². The largest absolute Gasteiger partial charge is 0.389 e. The van der Waals surface area contributed by atoms with Crippen molar-refractivity contribution < 1.29 is 5.11 Å². The summed E-state index contributed by atoms with van der Waals surface area (Å²) in [5.41, 5.74) is 5.51. The molecule has 3 N–H and O–H groups in total. The van der Waals surface area contributed by atoms with Crippen molar-refractivity contribution in [1.29, 1.82) is 0 Å². The van der Waals surface area contributed by atoms with Crippen LogP contribution in [0.5, 0.6) is 0 Å². The standard InChI is InChI=1S/C13H28N2O/c1-12(2,10-14)8-9-15(3)11-13(16)6-4-5-7-13/h16H,4-11,14H2,1-3H3. The van der Waals surface area contributed by atoms with Crippen molar-refractivity contribution in [3.8, 4) is 0 Å². The lowest BCUT2D eigenvalue weighted by Crippen LogP contribution is -2.40. The zero-order valence-corrected chi connectivity index (χ0v) is 11.1. The molecule has 1 saturated carbocycles. The predicted octanol–water partition coefficient (Wildman–Crippen LogP) is 1.60. The molecule has 0 amide bonds. The van der Waals surface area contributed by atoms with Crippen LogP contribution in [-0.2, 0) is 0 Å². The Morgan fingerprint density at radius 1 is 1.31 bits per heavy atom. The Kier molecular flexibility index (Phi) is 4.77. The van der Waals surface area contributed by atoms with Crippen molar-refractivity contribution in [2.45, 2.75) is 51.6 Å². The Hall–Kier alpha value is -0.120. The Bertz CT molecular complexity index is 210. The van der Waals surface area contributed by atoms with E-state index in [1.807, 2.05) is 0 Å². The topological polar surface area (TPSA) is 49.5 Å². The molecule has 0 heterocycles. The van der Waals surface area contributed by atoms with E-state index in [0.717, 1.165) is 38.9 Å². The van der Waals surface area contributed by atoms with Gasteiger partial charge >= 0.3 is 0 Å². The van der Waals surface area contributed by atoms with Gasteiger partial charge in [0.05, 0.1) is 5.60 Å². The van der Waals surface area contributed by atoms with Crippen LogP contribution in [0.1, 0.15) is 46.0 Å². The van der Waals surface area contributed by atoms with Gasteiger partial charge in [-0.25, -0.2) is 0 Å². The van der Waals surface area contributed by atoms with Crippen LogP contribution in [-0.4, -0.2) is 42.3 Å². The fourth-order valence-electron chi connectivity index (χ4n) is 2.37. The molecule has 0 unspecified atom stereocenters. The molecule has 0 aliphatic heterocycles. The fraction of sp³-hybridized carbons (Fsp3) is 1.00. The summed E-state index contributed by atoms with van der Waals surface area (Å²) in [4.78, 5) is 2.25.